The molecule has 0 aromatic heterocycles. The van der Waals surface area contributed by atoms with Gasteiger partial charge < -0.3 is 5.32 Å². The summed E-state index contributed by atoms with van der Waals surface area (Å²) in [5, 5.41) is 2.87. The molecule has 2 aromatic carbocycles. The van der Waals surface area contributed by atoms with Gasteiger partial charge in [0, 0.05) is 16.1 Å². The molecule has 0 radical (unpaired) electrons. The molecule has 1 amide bonds. The molecule has 2 nitrogen and oxygen atoms in total. The minimum absolute atomic E-state index is 0.148. The molecule has 1 N–H and O–H groups in total. The monoisotopic (exact) mass is 383 g/mol. The number of carbonyl (C=O) groups is 1. The first-order valence-electron chi connectivity index (χ1n) is 6.51. The minimum Gasteiger partial charge on any atom is -0.322 e. The number of halogens is 3. The molecule has 2 aromatic rings. The normalized spacial score (nSPS) is 19.1. The van der Waals surface area contributed by atoms with E-state index in [0.29, 0.717) is 5.56 Å². The van der Waals surface area contributed by atoms with Gasteiger partial charge in [-0.25, -0.2) is 0 Å². The number of hydrogen-bond acceptors (Lipinski definition) is 1. The van der Waals surface area contributed by atoms with Gasteiger partial charge in [-0.1, -0.05) is 24.3 Å². The van der Waals surface area contributed by atoms with Crippen LogP contribution in [0.1, 0.15) is 28.3 Å². The lowest BCUT2D eigenvalue weighted by Gasteiger charge is -2.08. The minimum atomic E-state index is -0.625. The lowest BCUT2D eigenvalue weighted by molar-refractivity contribution is 0.102. The molecule has 0 saturated heterocycles. The fourth-order valence-corrected chi connectivity index (χ4v) is 3.24. The highest BCUT2D eigenvalue weighted by molar-refractivity contribution is 9.10. The van der Waals surface area contributed by atoms with E-state index in [-0.39, 0.29) is 11.8 Å². The number of hydrogen-bond donors (Lipinski definition) is 1. The van der Waals surface area contributed by atoms with E-state index >= 15 is 0 Å². The van der Waals surface area contributed by atoms with Crippen molar-refractivity contribution in [1.29, 1.82) is 0 Å². The molecule has 3 rings (SSSR count). The molecule has 5 heteroatoms. The summed E-state index contributed by atoms with van der Waals surface area (Å²) in [5.74, 6) is 0.0412. The fraction of sp³-hybridized carbons (Fsp3) is 0.188. The number of rotatable bonds is 3. The van der Waals surface area contributed by atoms with E-state index in [4.69, 9.17) is 23.2 Å². The van der Waals surface area contributed by atoms with Crippen molar-refractivity contribution in [3.05, 3.63) is 64.1 Å². The molecule has 1 aliphatic rings. The second-order valence-electron chi connectivity index (χ2n) is 5.07. The number of anilines is 1. The van der Waals surface area contributed by atoms with Crippen LogP contribution in [0.15, 0.2) is 53.0 Å². The molecule has 1 atom stereocenters. The number of alkyl halides is 2. The third-order valence-corrected chi connectivity index (χ3v) is 5.04. The molecule has 0 unspecified atom stereocenters. The Morgan fingerprint density at radius 2 is 1.76 bits per heavy atom. The van der Waals surface area contributed by atoms with Crippen LogP contribution in [0.25, 0.3) is 0 Å². The molecule has 0 bridgehead atoms. The highest BCUT2D eigenvalue weighted by Crippen LogP contribution is 2.59. The second kappa shape index (κ2) is 5.64. The Hall–Kier alpha value is -1.03. The van der Waals surface area contributed by atoms with E-state index in [0.717, 1.165) is 22.1 Å². The average Bonchev–Trinajstić information content (AvgIpc) is 3.09. The van der Waals surface area contributed by atoms with Crippen molar-refractivity contribution in [2.24, 2.45) is 0 Å². The molecule has 0 heterocycles. The van der Waals surface area contributed by atoms with Gasteiger partial charge in [0.1, 0.15) is 4.33 Å². The van der Waals surface area contributed by atoms with Crippen LogP contribution in [0.4, 0.5) is 5.69 Å². The highest BCUT2D eigenvalue weighted by Gasteiger charge is 2.52. The standard InChI is InChI=1S/C16H12BrCl2NO/c17-14-4-2-1-3-12(14)15(21)20-11-7-5-10(6-8-11)13-9-16(13,18)19/h1-8,13H,9H2,(H,20,21)/t13-/m0/s1. The zero-order valence-corrected chi connectivity index (χ0v) is 14.0. The highest BCUT2D eigenvalue weighted by atomic mass is 79.9. The van der Waals surface area contributed by atoms with E-state index in [2.05, 4.69) is 21.2 Å². The zero-order chi connectivity index (χ0) is 15.0. The Balaban J connectivity index is 1.71. The molecule has 1 aliphatic carbocycles. The zero-order valence-electron chi connectivity index (χ0n) is 10.9. The Morgan fingerprint density at radius 1 is 1.14 bits per heavy atom. The van der Waals surface area contributed by atoms with E-state index < -0.39 is 4.33 Å². The van der Waals surface area contributed by atoms with Crippen LogP contribution in [0.3, 0.4) is 0 Å². The lowest BCUT2D eigenvalue weighted by atomic mass is 10.1. The molecule has 108 valence electrons. The first kappa shape index (κ1) is 14.9. The van der Waals surface area contributed by atoms with Crippen LogP contribution in [0.5, 0.6) is 0 Å². The van der Waals surface area contributed by atoms with Gasteiger partial charge in [-0.3, -0.25) is 4.79 Å². The van der Waals surface area contributed by atoms with Gasteiger partial charge in [-0.2, -0.15) is 0 Å². The van der Waals surface area contributed by atoms with Crippen LogP contribution >= 0.6 is 39.1 Å². The van der Waals surface area contributed by atoms with Crippen LogP contribution in [-0.2, 0) is 0 Å². The van der Waals surface area contributed by atoms with Crippen LogP contribution in [0.2, 0.25) is 0 Å². The Kier molecular flexibility index (Phi) is 4.00. The van der Waals surface area contributed by atoms with E-state index in [1.54, 1.807) is 6.07 Å². The smallest absolute Gasteiger partial charge is 0.256 e. The predicted octanol–water partition coefficient (Wildman–Crippen LogP) is 5.36. The maximum atomic E-state index is 12.2. The Bertz CT molecular complexity index is 685. The summed E-state index contributed by atoms with van der Waals surface area (Å²) < 4.78 is 0.144. The Morgan fingerprint density at radius 3 is 2.33 bits per heavy atom. The number of nitrogens with one attached hydrogen (secondary N) is 1. The third-order valence-electron chi connectivity index (χ3n) is 3.52. The summed E-state index contributed by atoms with van der Waals surface area (Å²) in [5.41, 5.74) is 2.44. The summed E-state index contributed by atoms with van der Waals surface area (Å²) in [6, 6.07) is 14.9. The first-order chi connectivity index (χ1) is 9.97. The topological polar surface area (TPSA) is 29.1 Å². The van der Waals surface area contributed by atoms with E-state index in [1.165, 1.54) is 0 Å². The third kappa shape index (κ3) is 3.25. The maximum absolute atomic E-state index is 12.2. The van der Waals surface area contributed by atoms with E-state index in [1.807, 2.05) is 42.5 Å². The van der Waals surface area contributed by atoms with Crippen molar-refractivity contribution in [2.45, 2.75) is 16.7 Å². The van der Waals surface area contributed by atoms with E-state index in [9.17, 15) is 4.79 Å². The molecule has 0 spiro atoms. The van der Waals surface area contributed by atoms with Crippen molar-refractivity contribution in [1.82, 2.24) is 0 Å². The van der Waals surface area contributed by atoms with Crippen LogP contribution in [-0.4, -0.2) is 10.2 Å². The lowest BCUT2D eigenvalue weighted by Crippen LogP contribution is -2.12. The maximum Gasteiger partial charge on any atom is 0.256 e. The summed E-state index contributed by atoms with van der Waals surface area (Å²) >= 11 is 15.5. The number of carbonyl (C=O) groups excluding carboxylic acids is 1. The van der Waals surface area contributed by atoms with Gasteiger partial charge in [0.05, 0.1) is 5.56 Å². The van der Waals surface area contributed by atoms with Gasteiger partial charge in [-0.05, 0) is 52.2 Å². The summed E-state index contributed by atoms with van der Waals surface area (Å²) in [7, 11) is 0. The van der Waals surface area contributed by atoms with Gasteiger partial charge >= 0.3 is 0 Å². The SMILES string of the molecule is O=C(Nc1ccc([C@@H]2CC2(Cl)Cl)cc1)c1ccccc1Br. The fourth-order valence-electron chi connectivity index (χ4n) is 2.22. The summed E-state index contributed by atoms with van der Waals surface area (Å²) in [6.45, 7) is 0. The second-order valence-corrected chi connectivity index (χ2v) is 7.47. The average molecular weight is 385 g/mol. The van der Waals surface area contributed by atoms with Crippen molar-refractivity contribution >= 4 is 50.7 Å². The Labute approximate surface area is 141 Å². The van der Waals surface area contributed by atoms with Gasteiger partial charge in [0.2, 0.25) is 0 Å². The van der Waals surface area contributed by atoms with Gasteiger partial charge in [-0.15, -0.1) is 23.2 Å². The largest absolute Gasteiger partial charge is 0.322 e. The predicted molar refractivity (Wildman–Crippen MR) is 90.3 cm³/mol. The molecule has 1 fully saturated rings. The molecule has 21 heavy (non-hydrogen) atoms. The number of benzene rings is 2. The van der Waals surface area contributed by atoms with Crippen LogP contribution in [0, 0.1) is 0 Å². The number of amides is 1. The molecule has 0 aliphatic heterocycles. The van der Waals surface area contributed by atoms with Gasteiger partial charge in [0.15, 0.2) is 0 Å². The van der Waals surface area contributed by atoms with Crippen molar-refractivity contribution in [2.75, 3.05) is 5.32 Å². The van der Waals surface area contributed by atoms with Crippen molar-refractivity contribution in [3.63, 3.8) is 0 Å². The summed E-state index contributed by atoms with van der Waals surface area (Å²) in [6.07, 6.45) is 0.777. The quantitative estimate of drug-likeness (QED) is 0.708. The first-order valence-corrected chi connectivity index (χ1v) is 8.06. The molecule has 1 saturated carbocycles. The van der Waals surface area contributed by atoms with Crippen LogP contribution < -0.4 is 5.32 Å². The van der Waals surface area contributed by atoms with Crippen molar-refractivity contribution < 1.29 is 4.79 Å². The molecular weight excluding hydrogens is 373 g/mol. The van der Waals surface area contributed by atoms with Gasteiger partial charge in [0.25, 0.3) is 5.91 Å². The summed E-state index contributed by atoms with van der Waals surface area (Å²) in [4.78, 5) is 12.2. The van der Waals surface area contributed by atoms with Crippen molar-refractivity contribution in [3.8, 4) is 0 Å². The molecular formula is C16H12BrCl2NO.